The first kappa shape index (κ1) is 13.6. The van der Waals surface area contributed by atoms with Crippen molar-refractivity contribution in [1.82, 2.24) is 9.55 Å². The number of fused-ring (bicyclic) bond motifs is 1. The van der Waals surface area contributed by atoms with Gasteiger partial charge in [-0.05, 0) is 44.4 Å². The predicted molar refractivity (Wildman–Crippen MR) is 75.5 cm³/mol. The van der Waals surface area contributed by atoms with Crippen LogP contribution in [0.15, 0.2) is 24.5 Å². The van der Waals surface area contributed by atoms with Crippen LogP contribution in [0.4, 0.5) is 4.79 Å². The zero-order valence-corrected chi connectivity index (χ0v) is 12.1. The molecule has 0 spiro atoms. The summed E-state index contributed by atoms with van der Waals surface area (Å²) in [5, 5.41) is 1.00. The molecule has 0 bridgehead atoms. The molecule has 2 aromatic rings. The molecule has 0 aliphatic carbocycles. The van der Waals surface area contributed by atoms with E-state index in [0.29, 0.717) is 11.6 Å². The summed E-state index contributed by atoms with van der Waals surface area (Å²) in [6.07, 6.45) is 3.13. The van der Waals surface area contributed by atoms with Crippen molar-refractivity contribution in [2.24, 2.45) is 0 Å². The van der Waals surface area contributed by atoms with E-state index in [4.69, 9.17) is 4.74 Å². The minimum Gasteiger partial charge on any atom is -0.443 e. The maximum absolute atomic E-state index is 12.2. The average molecular weight is 260 g/mol. The van der Waals surface area contributed by atoms with Gasteiger partial charge in [0, 0.05) is 17.8 Å². The molecule has 0 aliphatic rings. The number of carbonyl (C=O) groups excluding carboxylic acids is 1. The number of carbonyl (C=O) groups is 1. The first-order valence-corrected chi connectivity index (χ1v) is 6.49. The number of nitrogens with zero attached hydrogens (tertiary/aromatic N) is 2. The molecule has 2 rings (SSSR count). The Morgan fingerprint density at radius 1 is 1.37 bits per heavy atom. The van der Waals surface area contributed by atoms with E-state index in [9.17, 15) is 4.79 Å². The second-order valence-corrected chi connectivity index (χ2v) is 5.96. The summed E-state index contributed by atoms with van der Waals surface area (Å²) in [7, 11) is 0. The SMILES string of the molecule is CC(C)c1cn(C(=O)OC(C)(C)C)c2ncccc12. The molecular weight excluding hydrogens is 240 g/mol. The number of pyridine rings is 1. The largest absolute Gasteiger partial charge is 0.443 e. The number of ether oxygens (including phenoxy) is 1. The fourth-order valence-electron chi connectivity index (χ4n) is 1.99. The molecule has 102 valence electrons. The number of hydrogen-bond donors (Lipinski definition) is 0. The van der Waals surface area contributed by atoms with Gasteiger partial charge in [-0.2, -0.15) is 0 Å². The van der Waals surface area contributed by atoms with Gasteiger partial charge in [0.1, 0.15) is 11.2 Å². The molecule has 0 aliphatic heterocycles. The highest BCUT2D eigenvalue weighted by atomic mass is 16.6. The van der Waals surface area contributed by atoms with Crippen molar-refractivity contribution in [3.05, 3.63) is 30.1 Å². The third-order valence-electron chi connectivity index (χ3n) is 2.81. The topological polar surface area (TPSA) is 44.1 Å². The lowest BCUT2D eigenvalue weighted by Gasteiger charge is -2.19. The summed E-state index contributed by atoms with van der Waals surface area (Å²) in [5.74, 6) is 0.329. The molecular formula is C15H20N2O2. The molecule has 0 radical (unpaired) electrons. The van der Waals surface area contributed by atoms with Gasteiger partial charge in [-0.25, -0.2) is 14.3 Å². The van der Waals surface area contributed by atoms with Crippen LogP contribution in [0.3, 0.4) is 0 Å². The van der Waals surface area contributed by atoms with Crippen LogP contribution in [0.5, 0.6) is 0 Å². The highest BCUT2D eigenvalue weighted by Crippen LogP contribution is 2.26. The third kappa shape index (κ3) is 2.78. The van der Waals surface area contributed by atoms with Crippen molar-refractivity contribution in [3.8, 4) is 0 Å². The lowest BCUT2D eigenvalue weighted by molar-refractivity contribution is 0.0543. The zero-order valence-electron chi connectivity index (χ0n) is 12.1. The van der Waals surface area contributed by atoms with Crippen molar-refractivity contribution in [2.45, 2.75) is 46.1 Å². The molecule has 0 fully saturated rings. The van der Waals surface area contributed by atoms with E-state index < -0.39 is 5.60 Å². The second kappa shape index (κ2) is 4.68. The summed E-state index contributed by atoms with van der Waals surface area (Å²) in [6, 6.07) is 3.87. The number of rotatable bonds is 1. The Labute approximate surface area is 113 Å². The van der Waals surface area contributed by atoms with Crippen LogP contribution in [0.1, 0.15) is 46.1 Å². The van der Waals surface area contributed by atoms with Crippen molar-refractivity contribution >= 4 is 17.1 Å². The van der Waals surface area contributed by atoms with Crippen LogP contribution in [0.2, 0.25) is 0 Å². The minimum atomic E-state index is -0.513. The van der Waals surface area contributed by atoms with Crippen molar-refractivity contribution in [1.29, 1.82) is 0 Å². The average Bonchev–Trinajstić information content (AvgIpc) is 2.66. The van der Waals surface area contributed by atoms with Gasteiger partial charge in [-0.1, -0.05) is 13.8 Å². The Morgan fingerprint density at radius 3 is 2.63 bits per heavy atom. The van der Waals surface area contributed by atoms with Gasteiger partial charge in [0.2, 0.25) is 0 Å². The lowest BCUT2D eigenvalue weighted by Crippen LogP contribution is -2.26. The molecule has 0 atom stereocenters. The van der Waals surface area contributed by atoms with Crippen molar-refractivity contribution in [3.63, 3.8) is 0 Å². The molecule has 2 aromatic heterocycles. The summed E-state index contributed by atoms with van der Waals surface area (Å²) in [4.78, 5) is 16.5. The monoisotopic (exact) mass is 260 g/mol. The minimum absolute atomic E-state index is 0.329. The summed E-state index contributed by atoms with van der Waals surface area (Å²) in [6.45, 7) is 9.76. The van der Waals surface area contributed by atoms with E-state index in [1.165, 1.54) is 4.57 Å². The Kier molecular flexibility index (Phi) is 3.35. The first-order valence-electron chi connectivity index (χ1n) is 6.49. The van der Waals surface area contributed by atoms with Crippen LogP contribution in [-0.4, -0.2) is 21.2 Å². The van der Waals surface area contributed by atoms with Crippen LogP contribution < -0.4 is 0 Å². The highest BCUT2D eigenvalue weighted by molar-refractivity contribution is 5.89. The fraction of sp³-hybridized carbons (Fsp3) is 0.467. The molecule has 0 unspecified atom stereocenters. The Hall–Kier alpha value is -1.84. The van der Waals surface area contributed by atoms with E-state index in [1.807, 2.05) is 39.1 Å². The number of hydrogen-bond acceptors (Lipinski definition) is 3. The van der Waals surface area contributed by atoms with Gasteiger partial charge in [0.15, 0.2) is 0 Å². The normalized spacial score (nSPS) is 12.1. The van der Waals surface area contributed by atoms with Crippen LogP contribution in [0.25, 0.3) is 11.0 Å². The molecule has 4 nitrogen and oxygen atoms in total. The lowest BCUT2D eigenvalue weighted by atomic mass is 10.0. The molecule has 0 saturated carbocycles. The van der Waals surface area contributed by atoms with Gasteiger partial charge < -0.3 is 4.74 Å². The van der Waals surface area contributed by atoms with Gasteiger partial charge >= 0.3 is 6.09 Å². The smallest absolute Gasteiger partial charge is 0.420 e. The van der Waals surface area contributed by atoms with E-state index in [1.54, 1.807) is 6.20 Å². The molecule has 0 saturated heterocycles. The molecule has 2 heterocycles. The van der Waals surface area contributed by atoms with Crippen LogP contribution in [0, 0.1) is 0 Å². The fourth-order valence-corrected chi connectivity index (χ4v) is 1.99. The highest BCUT2D eigenvalue weighted by Gasteiger charge is 2.21. The standard InChI is InChI=1S/C15H20N2O2/c1-10(2)12-9-17(14(18)19-15(3,4)5)13-11(12)7-6-8-16-13/h6-10H,1-5H3. The zero-order chi connectivity index (χ0) is 14.2. The van der Waals surface area contributed by atoms with Gasteiger partial charge in [-0.15, -0.1) is 0 Å². The Morgan fingerprint density at radius 2 is 2.05 bits per heavy atom. The first-order chi connectivity index (χ1) is 8.79. The van der Waals surface area contributed by atoms with Crippen LogP contribution in [-0.2, 0) is 4.74 Å². The molecule has 0 amide bonds. The Balaban J connectivity index is 2.52. The maximum Gasteiger partial charge on any atom is 0.420 e. The van der Waals surface area contributed by atoms with E-state index in [2.05, 4.69) is 18.8 Å². The maximum atomic E-state index is 12.2. The van der Waals surface area contributed by atoms with E-state index in [-0.39, 0.29) is 6.09 Å². The molecule has 4 heteroatoms. The van der Waals surface area contributed by atoms with Gasteiger partial charge in [0.05, 0.1) is 0 Å². The predicted octanol–water partition coefficient (Wildman–Crippen LogP) is 3.94. The summed E-state index contributed by atoms with van der Waals surface area (Å²) < 4.78 is 6.90. The van der Waals surface area contributed by atoms with Crippen molar-refractivity contribution < 1.29 is 9.53 Å². The summed E-state index contributed by atoms with van der Waals surface area (Å²) in [5.41, 5.74) is 1.25. The van der Waals surface area contributed by atoms with Crippen LogP contribution >= 0.6 is 0 Å². The second-order valence-electron chi connectivity index (χ2n) is 5.96. The molecule has 0 N–H and O–H groups in total. The third-order valence-corrected chi connectivity index (χ3v) is 2.81. The Bertz CT molecular complexity index is 606. The van der Waals surface area contributed by atoms with E-state index >= 15 is 0 Å². The molecule has 0 aromatic carbocycles. The molecule has 19 heavy (non-hydrogen) atoms. The van der Waals surface area contributed by atoms with Gasteiger partial charge in [0.25, 0.3) is 0 Å². The number of aromatic nitrogens is 2. The van der Waals surface area contributed by atoms with Crippen molar-refractivity contribution in [2.75, 3.05) is 0 Å². The van der Waals surface area contributed by atoms with Gasteiger partial charge in [-0.3, -0.25) is 0 Å². The summed E-state index contributed by atoms with van der Waals surface area (Å²) >= 11 is 0. The van der Waals surface area contributed by atoms with E-state index in [0.717, 1.165) is 10.9 Å². The quantitative estimate of drug-likeness (QED) is 0.780.